The molecule has 0 spiro atoms. The molecule has 4 rings (SSSR count). The molecule has 3 aromatic rings. The van der Waals surface area contributed by atoms with Gasteiger partial charge in [-0.3, -0.25) is 0 Å². The average molecular weight is 459 g/mol. The first kappa shape index (κ1) is 23.2. The lowest BCUT2D eigenvalue weighted by molar-refractivity contribution is -0.195. The van der Waals surface area contributed by atoms with E-state index in [1.54, 1.807) is 30.5 Å². The SMILES string of the molecule is CCO[C@@H]1CCN(C(F)(F)c2c(OC)cc(C)c3[nH]ccc23)[C@H](c2ccc(C(=O)O)cc2)C1. The molecular formula is C25H28F2N2O4. The maximum Gasteiger partial charge on any atom is 0.336 e. The minimum Gasteiger partial charge on any atom is -0.496 e. The summed E-state index contributed by atoms with van der Waals surface area (Å²) in [7, 11) is 1.40. The summed E-state index contributed by atoms with van der Waals surface area (Å²) in [5.74, 6) is -0.921. The number of nitrogens with zero attached hydrogens (tertiary/aromatic N) is 1. The topological polar surface area (TPSA) is 74.8 Å². The van der Waals surface area contributed by atoms with Crippen molar-refractivity contribution >= 4 is 16.9 Å². The van der Waals surface area contributed by atoms with Crippen LogP contribution < -0.4 is 4.74 Å². The number of benzene rings is 2. The van der Waals surface area contributed by atoms with E-state index in [4.69, 9.17) is 9.47 Å². The Balaban J connectivity index is 1.81. The number of carboxylic acids is 1. The van der Waals surface area contributed by atoms with E-state index in [9.17, 15) is 9.90 Å². The highest BCUT2D eigenvalue weighted by Gasteiger charge is 2.49. The van der Waals surface area contributed by atoms with Crippen molar-refractivity contribution in [2.45, 2.75) is 44.9 Å². The van der Waals surface area contributed by atoms with Gasteiger partial charge in [0.05, 0.1) is 24.3 Å². The molecule has 176 valence electrons. The van der Waals surface area contributed by atoms with Crippen molar-refractivity contribution in [1.82, 2.24) is 9.88 Å². The Hall–Kier alpha value is -2.97. The number of alkyl halides is 2. The van der Waals surface area contributed by atoms with Crippen LogP contribution in [0.3, 0.4) is 0 Å². The van der Waals surface area contributed by atoms with E-state index in [-0.39, 0.29) is 29.5 Å². The summed E-state index contributed by atoms with van der Waals surface area (Å²) in [6, 6.07) is 5.42. The van der Waals surface area contributed by atoms with Crippen LogP contribution in [-0.4, -0.2) is 47.3 Å². The minimum atomic E-state index is -3.34. The summed E-state index contributed by atoms with van der Waals surface area (Å²) in [5, 5.41) is 9.64. The van der Waals surface area contributed by atoms with Crippen LogP contribution in [-0.2, 0) is 10.8 Å². The van der Waals surface area contributed by atoms with Gasteiger partial charge in [-0.2, -0.15) is 8.78 Å². The molecule has 1 fully saturated rings. The van der Waals surface area contributed by atoms with Gasteiger partial charge in [0.1, 0.15) is 5.75 Å². The van der Waals surface area contributed by atoms with E-state index in [0.29, 0.717) is 35.9 Å². The molecule has 2 N–H and O–H groups in total. The second kappa shape index (κ2) is 9.11. The summed E-state index contributed by atoms with van der Waals surface area (Å²) in [6.45, 7) is 4.36. The molecule has 1 aromatic heterocycles. The molecule has 0 amide bonds. The third-order valence-corrected chi connectivity index (χ3v) is 6.39. The fourth-order valence-electron chi connectivity index (χ4n) is 4.81. The number of likely N-dealkylation sites (tertiary alicyclic amines) is 1. The van der Waals surface area contributed by atoms with Gasteiger partial charge < -0.3 is 19.6 Å². The number of carbonyl (C=O) groups is 1. The molecule has 1 saturated heterocycles. The molecule has 2 aromatic carbocycles. The molecule has 1 aliphatic rings. The van der Waals surface area contributed by atoms with Crippen LogP contribution in [0.4, 0.5) is 8.78 Å². The van der Waals surface area contributed by atoms with Crippen LogP contribution >= 0.6 is 0 Å². The average Bonchev–Trinajstić information content (AvgIpc) is 3.29. The molecule has 33 heavy (non-hydrogen) atoms. The van der Waals surface area contributed by atoms with Gasteiger partial charge in [0, 0.05) is 36.3 Å². The standard InChI is InChI=1S/C25H28F2N2O4/c1-4-33-18-10-12-29(20(14-18)16-5-7-17(8-6-16)24(30)31)25(26,27)22-19-9-11-28-23(19)15(2)13-21(22)32-3/h5-9,11,13,18,20,28H,4,10,12,14H2,1-3H3,(H,30,31)/t18-,20+/m1/s1. The lowest BCUT2D eigenvalue weighted by atomic mass is 9.90. The van der Waals surface area contributed by atoms with Crippen molar-refractivity contribution in [3.8, 4) is 5.75 Å². The highest BCUT2D eigenvalue weighted by Crippen LogP contribution is 2.49. The third-order valence-electron chi connectivity index (χ3n) is 6.39. The van der Waals surface area contributed by atoms with Gasteiger partial charge >= 0.3 is 12.0 Å². The maximum atomic E-state index is 16.4. The van der Waals surface area contributed by atoms with Crippen molar-refractivity contribution in [1.29, 1.82) is 0 Å². The number of aromatic nitrogens is 1. The summed E-state index contributed by atoms with van der Waals surface area (Å²) < 4.78 is 44.0. The molecule has 8 heteroatoms. The van der Waals surface area contributed by atoms with Crippen LogP contribution in [0, 0.1) is 6.92 Å². The zero-order valence-electron chi connectivity index (χ0n) is 18.9. The number of piperidine rings is 1. The third kappa shape index (κ3) is 4.20. The normalized spacial score (nSPS) is 19.7. The molecule has 0 saturated carbocycles. The van der Waals surface area contributed by atoms with Crippen LogP contribution in [0.1, 0.15) is 52.9 Å². The molecule has 2 atom stereocenters. The number of aromatic amines is 1. The fourth-order valence-corrected chi connectivity index (χ4v) is 4.81. The Morgan fingerprint density at radius 3 is 2.64 bits per heavy atom. The molecule has 1 aliphatic heterocycles. The zero-order valence-corrected chi connectivity index (χ0v) is 18.9. The van der Waals surface area contributed by atoms with Crippen molar-refractivity contribution in [3.05, 3.63) is 64.8 Å². The van der Waals surface area contributed by atoms with Crippen molar-refractivity contribution < 1.29 is 28.2 Å². The smallest absolute Gasteiger partial charge is 0.336 e. The molecule has 0 bridgehead atoms. The lowest BCUT2D eigenvalue weighted by Crippen LogP contribution is -2.48. The lowest BCUT2D eigenvalue weighted by Gasteiger charge is -2.44. The van der Waals surface area contributed by atoms with Crippen LogP contribution in [0.25, 0.3) is 10.9 Å². The molecular weight excluding hydrogens is 430 g/mol. The number of methoxy groups -OCH3 is 1. The van der Waals surface area contributed by atoms with E-state index in [0.717, 1.165) is 5.56 Å². The van der Waals surface area contributed by atoms with Gasteiger partial charge in [-0.05, 0) is 62.1 Å². The fraction of sp³-hybridized carbons (Fsp3) is 0.400. The number of nitrogens with one attached hydrogen (secondary N) is 1. The van der Waals surface area contributed by atoms with Crippen molar-refractivity contribution in [3.63, 3.8) is 0 Å². The second-order valence-corrected chi connectivity index (χ2v) is 8.32. The first-order valence-corrected chi connectivity index (χ1v) is 11.0. The number of aromatic carboxylic acids is 1. The predicted molar refractivity (Wildman–Crippen MR) is 121 cm³/mol. The Labute approximate surface area is 191 Å². The van der Waals surface area contributed by atoms with E-state index in [1.807, 2.05) is 13.8 Å². The molecule has 0 aliphatic carbocycles. The van der Waals surface area contributed by atoms with Gasteiger partial charge in [0.15, 0.2) is 0 Å². The number of H-pyrrole nitrogens is 1. The van der Waals surface area contributed by atoms with E-state index < -0.39 is 18.1 Å². The number of rotatable bonds is 7. The number of hydrogen-bond acceptors (Lipinski definition) is 4. The molecule has 0 unspecified atom stereocenters. The highest BCUT2D eigenvalue weighted by molar-refractivity contribution is 5.89. The predicted octanol–water partition coefficient (Wildman–Crippen LogP) is 5.47. The van der Waals surface area contributed by atoms with Crippen LogP contribution in [0.15, 0.2) is 42.6 Å². The number of carboxylic acid groups (broad SMARTS) is 1. The Bertz CT molecular complexity index is 1140. The van der Waals surface area contributed by atoms with E-state index >= 15 is 8.78 Å². The first-order chi connectivity index (χ1) is 15.8. The van der Waals surface area contributed by atoms with Crippen LogP contribution in [0.2, 0.25) is 0 Å². The van der Waals surface area contributed by atoms with Crippen molar-refractivity contribution in [2.75, 3.05) is 20.3 Å². The molecule has 2 heterocycles. The maximum absolute atomic E-state index is 16.4. The second-order valence-electron chi connectivity index (χ2n) is 8.32. The van der Waals surface area contributed by atoms with Gasteiger partial charge in [-0.1, -0.05) is 12.1 Å². The molecule has 0 radical (unpaired) electrons. The first-order valence-electron chi connectivity index (χ1n) is 11.0. The van der Waals surface area contributed by atoms with Gasteiger partial charge in [0.25, 0.3) is 0 Å². The van der Waals surface area contributed by atoms with E-state index in [1.165, 1.54) is 24.1 Å². The highest BCUT2D eigenvalue weighted by atomic mass is 19.3. The van der Waals surface area contributed by atoms with E-state index in [2.05, 4.69) is 4.98 Å². The largest absolute Gasteiger partial charge is 0.496 e. The Morgan fingerprint density at radius 1 is 1.27 bits per heavy atom. The van der Waals surface area contributed by atoms with Gasteiger partial charge in [0.2, 0.25) is 0 Å². The Kier molecular flexibility index (Phi) is 6.41. The Morgan fingerprint density at radius 2 is 2.00 bits per heavy atom. The van der Waals surface area contributed by atoms with Crippen LogP contribution in [0.5, 0.6) is 5.75 Å². The summed E-state index contributed by atoms with van der Waals surface area (Å²) >= 11 is 0. The summed E-state index contributed by atoms with van der Waals surface area (Å²) in [6.07, 6.45) is 2.34. The summed E-state index contributed by atoms with van der Waals surface area (Å²) in [5.41, 5.74) is 2.04. The minimum absolute atomic E-state index is 0.114. The van der Waals surface area contributed by atoms with Gasteiger partial charge in [-0.25, -0.2) is 9.69 Å². The quantitative estimate of drug-likeness (QED) is 0.459. The number of ether oxygens (including phenoxy) is 2. The number of hydrogen-bond donors (Lipinski definition) is 2. The monoisotopic (exact) mass is 458 g/mol. The van der Waals surface area contributed by atoms with Crippen molar-refractivity contribution in [2.24, 2.45) is 0 Å². The number of halogens is 2. The zero-order chi connectivity index (χ0) is 23.8. The van der Waals surface area contributed by atoms with Gasteiger partial charge in [-0.15, -0.1) is 0 Å². The number of fused-ring (bicyclic) bond motifs is 1. The summed E-state index contributed by atoms with van der Waals surface area (Å²) in [4.78, 5) is 15.5. The number of aryl methyl sites for hydroxylation is 1. The molecule has 6 nitrogen and oxygen atoms in total.